The number of hydrogen-bond acceptors (Lipinski definition) is 4. The lowest BCUT2D eigenvalue weighted by Crippen LogP contribution is -2.50. The third-order valence-corrected chi connectivity index (χ3v) is 5.33. The largest absolute Gasteiger partial charge is 0.432 e. The van der Waals surface area contributed by atoms with Gasteiger partial charge in [0.2, 0.25) is 0 Å². The summed E-state index contributed by atoms with van der Waals surface area (Å²) in [6.07, 6.45) is -0.872. The highest BCUT2D eigenvalue weighted by atomic mass is 35.5. The molecule has 0 aliphatic rings. The molecule has 2 heterocycles. The normalized spacial score (nSPS) is 12.2. The van der Waals surface area contributed by atoms with Gasteiger partial charge in [0.1, 0.15) is 17.2 Å². The summed E-state index contributed by atoms with van der Waals surface area (Å²) in [6, 6.07) is 1.52. The average Bonchev–Trinajstić information content (AvgIpc) is 3.21. The fourth-order valence-electron chi connectivity index (χ4n) is 3.19. The van der Waals surface area contributed by atoms with Crippen molar-refractivity contribution in [2.24, 2.45) is 0 Å². The molecule has 2 N–H and O–H groups in total. The zero-order chi connectivity index (χ0) is 26.8. The molecule has 2 aromatic heterocycles. The smallest absolute Gasteiger partial charge is 0.328 e. The van der Waals surface area contributed by atoms with Gasteiger partial charge in [-0.15, -0.1) is 0 Å². The average molecular weight is 549 g/mol. The monoisotopic (exact) mass is 548 g/mol. The number of hydrazine groups is 1. The van der Waals surface area contributed by atoms with E-state index in [0.29, 0.717) is 5.01 Å². The number of nitrogens with zero attached hydrogens (tertiary/aromatic N) is 4. The maximum absolute atomic E-state index is 15.0. The zero-order valence-corrected chi connectivity index (χ0v) is 20.3. The van der Waals surface area contributed by atoms with Crippen molar-refractivity contribution in [3.05, 3.63) is 76.4 Å². The second-order valence-electron chi connectivity index (χ2n) is 7.48. The second-order valence-corrected chi connectivity index (χ2v) is 8.35. The molecular weight excluding hydrogens is 530 g/mol. The Morgan fingerprint density at radius 3 is 2.42 bits per heavy atom. The molecule has 2 amide bonds. The minimum Gasteiger partial charge on any atom is -0.328 e. The van der Waals surface area contributed by atoms with E-state index in [2.05, 4.69) is 22.0 Å². The van der Waals surface area contributed by atoms with Gasteiger partial charge in [0.05, 0.1) is 23.0 Å². The Balaban J connectivity index is 1.87. The molecule has 1 aromatic carbocycles. The van der Waals surface area contributed by atoms with Crippen LogP contribution in [0.3, 0.4) is 0 Å². The Morgan fingerprint density at radius 2 is 1.86 bits per heavy atom. The first kappa shape index (κ1) is 27.2. The summed E-state index contributed by atoms with van der Waals surface area (Å²) in [5, 5.41) is 7.26. The fourth-order valence-corrected chi connectivity index (χ4v) is 3.53. The molecule has 14 heteroatoms. The molecule has 36 heavy (non-hydrogen) atoms. The first-order valence-corrected chi connectivity index (χ1v) is 11.0. The van der Waals surface area contributed by atoms with Gasteiger partial charge in [-0.1, -0.05) is 29.8 Å². The van der Waals surface area contributed by atoms with E-state index in [1.807, 2.05) is 5.43 Å². The number of hydrogen-bond donors (Lipinski definition) is 2. The van der Waals surface area contributed by atoms with Crippen molar-refractivity contribution in [1.82, 2.24) is 30.5 Å². The molecule has 0 aliphatic heterocycles. The number of pyridine rings is 1. The number of urea groups is 1. The van der Waals surface area contributed by atoms with Crippen LogP contribution in [0.4, 0.5) is 26.7 Å². The molecule has 0 fully saturated rings. The molecule has 0 saturated heterocycles. The van der Waals surface area contributed by atoms with Crippen LogP contribution in [0.25, 0.3) is 16.8 Å². The van der Waals surface area contributed by atoms with Crippen LogP contribution in [0, 0.1) is 11.6 Å². The van der Waals surface area contributed by atoms with E-state index >= 15 is 4.39 Å². The Labute approximate surface area is 212 Å². The van der Waals surface area contributed by atoms with Crippen molar-refractivity contribution in [3.63, 3.8) is 0 Å². The first-order chi connectivity index (χ1) is 16.8. The predicted octanol–water partition coefficient (Wildman–Crippen LogP) is 6.19. The van der Waals surface area contributed by atoms with Crippen LogP contribution in [-0.2, 0) is 0 Å². The van der Waals surface area contributed by atoms with E-state index in [0.717, 1.165) is 12.1 Å². The molecule has 0 bridgehead atoms. The van der Waals surface area contributed by atoms with Crippen molar-refractivity contribution < 1.29 is 26.7 Å². The Kier molecular flexibility index (Phi) is 8.09. The van der Waals surface area contributed by atoms with Crippen LogP contribution < -0.4 is 10.7 Å². The van der Waals surface area contributed by atoms with Gasteiger partial charge in [-0.25, -0.2) is 23.3 Å². The Bertz CT molecular complexity index is 1300. The summed E-state index contributed by atoms with van der Waals surface area (Å²) in [4.78, 5) is 16.5. The fraction of sp³-hybridized carbons (Fsp3) is 0.227. The van der Waals surface area contributed by atoms with E-state index in [-0.39, 0.29) is 39.1 Å². The molecule has 0 unspecified atom stereocenters. The van der Waals surface area contributed by atoms with Crippen molar-refractivity contribution in [1.29, 1.82) is 0 Å². The molecule has 3 aromatic rings. The number of nitrogens with one attached hydrogen (secondary N) is 2. The van der Waals surface area contributed by atoms with Crippen LogP contribution in [-0.4, -0.2) is 38.5 Å². The maximum Gasteiger partial charge on any atom is 0.432 e. The minimum absolute atomic E-state index is 0.0437. The van der Waals surface area contributed by atoms with Gasteiger partial charge in [0.25, 0.3) is 0 Å². The summed E-state index contributed by atoms with van der Waals surface area (Å²) in [6.45, 7) is 5.53. The number of benzene rings is 1. The van der Waals surface area contributed by atoms with Crippen molar-refractivity contribution in [3.8, 4) is 16.8 Å². The van der Waals surface area contributed by atoms with E-state index < -0.39 is 35.6 Å². The van der Waals surface area contributed by atoms with Gasteiger partial charge in [-0.05, 0) is 32.0 Å². The molecule has 7 nitrogen and oxygen atoms in total. The Morgan fingerprint density at radius 1 is 1.17 bits per heavy atom. The molecule has 0 spiro atoms. The first-order valence-electron chi connectivity index (χ1n) is 10.3. The van der Waals surface area contributed by atoms with Crippen molar-refractivity contribution in [2.45, 2.75) is 26.1 Å². The molecule has 0 radical (unpaired) electrons. The van der Waals surface area contributed by atoms with E-state index in [1.165, 1.54) is 43.2 Å². The number of carbonyl (C=O) groups is 1. The summed E-state index contributed by atoms with van der Waals surface area (Å²) < 4.78 is 69.2. The minimum atomic E-state index is -4.76. The Hall–Kier alpha value is -3.38. The number of alkyl halides is 3. The third kappa shape index (κ3) is 6.05. The SMILES string of the molecule is C=C(NN(CC)C(=O)N[C@H](C)c1ncc(-c2cc(Cl)cc(F)c2-n2cc(Cl)cn2)cc1F)C(F)(F)F. The van der Waals surface area contributed by atoms with Crippen LogP contribution in [0.1, 0.15) is 25.6 Å². The van der Waals surface area contributed by atoms with E-state index in [4.69, 9.17) is 23.2 Å². The van der Waals surface area contributed by atoms with Crippen LogP contribution in [0.2, 0.25) is 10.0 Å². The van der Waals surface area contributed by atoms with Gasteiger partial charge in [0.15, 0.2) is 5.82 Å². The highest BCUT2D eigenvalue weighted by Crippen LogP contribution is 2.33. The number of amides is 2. The third-order valence-electron chi connectivity index (χ3n) is 4.91. The molecule has 1 atom stereocenters. The summed E-state index contributed by atoms with van der Waals surface area (Å²) in [5.41, 5.74) is 0.588. The second kappa shape index (κ2) is 10.7. The lowest BCUT2D eigenvalue weighted by atomic mass is 10.0. The van der Waals surface area contributed by atoms with Crippen molar-refractivity contribution >= 4 is 29.2 Å². The van der Waals surface area contributed by atoms with Crippen molar-refractivity contribution in [2.75, 3.05) is 6.54 Å². The predicted molar refractivity (Wildman–Crippen MR) is 124 cm³/mol. The quantitative estimate of drug-likeness (QED) is 0.272. The molecule has 0 saturated carbocycles. The zero-order valence-electron chi connectivity index (χ0n) is 18.8. The number of allylic oxidation sites excluding steroid dienone is 1. The van der Waals surface area contributed by atoms with Crippen LogP contribution in [0.15, 0.2) is 49.1 Å². The highest BCUT2D eigenvalue weighted by Gasteiger charge is 2.34. The standard InChI is InChI=1S/C22H19Cl2F5N6O/c1-4-34(33-12(3)22(27,28)29)21(36)32-11(2)19-17(25)5-13(8-30-19)16-6-14(23)7-18(26)20(16)35-10-15(24)9-31-35/h5-11,33H,3-4H2,1-2H3,(H,32,36)/t11-/m1/s1. The highest BCUT2D eigenvalue weighted by molar-refractivity contribution is 6.31. The summed E-state index contributed by atoms with van der Waals surface area (Å²) in [5.74, 6) is -1.60. The number of carbonyl (C=O) groups excluding carboxylic acids is 1. The topological polar surface area (TPSA) is 75.1 Å². The van der Waals surface area contributed by atoms with Crippen LogP contribution in [0.5, 0.6) is 0 Å². The van der Waals surface area contributed by atoms with Gasteiger partial charge in [0, 0.05) is 35.1 Å². The molecular formula is C22H19Cl2F5N6O. The lowest BCUT2D eigenvalue weighted by Gasteiger charge is -2.26. The molecule has 192 valence electrons. The van der Waals surface area contributed by atoms with E-state index in [1.54, 1.807) is 0 Å². The van der Waals surface area contributed by atoms with Gasteiger partial charge < -0.3 is 5.32 Å². The number of halogens is 7. The van der Waals surface area contributed by atoms with Gasteiger partial charge >= 0.3 is 12.2 Å². The molecule has 3 rings (SSSR count). The summed E-state index contributed by atoms with van der Waals surface area (Å²) in [7, 11) is 0. The van der Waals surface area contributed by atoms with Gasteiger partial charge in [-0.2, -0.15) is 18.3 Å². The molecule has 0 aliphatic carbocycles. The lowest BCUT2D eigenvalue weighted by molar-refractivity contribution is -0.101. The number of rotatable bonds is 7. The van der Waals surface area contributed by atoms with Crippen LogP contribution >= 0.6 is 23.2 Å². The van der Waals surface area contributed by atoms with E-state index in [9.17, 15) is 22.4 Å². The summed E-state index contributed by atoms with van der Waals surface area (Å²) >= 11 is 11.9. The maximum atomic E-state index is 15.0. The number of aromatic nitrogens is 3. The van der Waals surface area contributed by atoms with Gasteiger partial charge in [-0.3, -0.25) is 10.4 Å².